The Hall–Kier alpha value is -2.11. The molecule has 3 rings (SSSR count). The molecule has 0 saturated heterocycles. The molecule has 6 heteroatoms. The summed E-state index contributed by atoms with van der Waals surface area (Å²) in [5.74, 6) is -0.161. The highest BCUT2D eigenvalue weighted by atomic mass is 35.5. The van der Waals surface area contributed by atoms with Crippen LogP contribution in [0.3, 0.4) is 0 Å². The number of thiazole rings is 1. The van der Waals surface area contributed by atoms with Gasteiger partial charge in [-0.2, -0.15) is 0 Å². The number of amides is 1. The van der Waals surface area contributed by atoms with Crippen LogP contribution in [0.4, 0.5) is 5.69 Å². The van der Waals surface area contributed by atoms with Crippen LogP contribution >= 0.6 is 22.9 Å². The van der Waals surface area contributed by atoms with E-state index in [0.29, 0.717) is 15.6 Å². The number of rotatable bonds is 3. The number of carbonyl (C=O) groups is 1. The van der Waals surface area contributed by atoms with E-state index in [1.807, 2.05) is 36.0 Å². The van der Waals surface area contributed by atoms with E-state index >= 15 is 0 Å². The number of benzene rings is 1. The summed E-state index contributed by atoms with van der Waals surface area (Å²) in [4.78, 5) is 17.4. The van der Waals surface area contributed by atoms with Crippen LogP contribution in [0.25, 0.3) is 5.13 Å². The lowest BCUT2D eigenvalue weighted by Crippen LogP contribution is -2.11. The summed E-state index contributed by atoms with van der Waals surface area (Å²) in [5, 5.41) is 4.26. The molecule has 106 valence electrons. The number of nitrogens with one attached hydrogen (secondary N) is 1. The van der Waals surface area contributed by atoms with Gasteiger partial charge in [-0.3, -0.25) is 4.79 Å². The fourth-order valence-corrected chi connectivity index (χ4v) is 2.94. The van der Waals surface area contributed by atoms with Gasteiger partial charge in [0, 0.05) is 23.1 Å². The highest BCUT2D eigenvalue weighted by Gasteiger charge is 2.16. The molecule has 2 aromatic heterocycles. The summed E-state index contributed by atoms with van der Waals surface area (Å²) in [6, 6.07) is 10.9. The van der Waals surface area contributed by atoms with Crippen molar-refractivity contribution in [3.8, 4) is 5.13 Å². The van der Waals surface area contributed by atoms with Gasteiger partial charge in [-0.25, -0.2) is 4.98 Å². The minimum atomic E-state index is -0.161. The number of aryl methyl sites for hydroxylation is 1. The minimum Gasteiger partial charge on any atom is -0.321 e. The Bertz CT molecular complexity index is 763. The molecule has 4 nitrogen and oxygen atoms in total. The molecule has 3 aromatic rings. The van der Waals surface area contributed by atoms with Crippen molar-refractivity contribution in [1.82, 2.24) is 9.55 Å². The first kappa shape index (κ1) is 13.9. The van der Waals surface area contributed by atoms with Crippen LogP contribution in [0.5, 0.6) is 0 Å². The average molecular weight is 318 g/mol. The standard InChI is InChI=1S/C15H12ClN3OS/c1-10-13(21-15(17-10)19-8-2-3-9-19)14(20)18-12-6-4-11(16)5-7-12/h2-9H,1H3,(H,18,20). The molecule has 0 bridgehead atoms. The van der Waals surface area contributed by atoms with Crippen LogP contribution in [0, 0.1) is 6.92 Å². The Morgan fingerprint density at radius 1 is 1.24 bits per heavy atom. The third kappa shape index (κ3) is 2.99. The molecule has 0 aliphatic rings. The fraction of sp³-hybridized carbons (Fsp3) is 0.0667. The molecule has 0 unspecified atom stereocenters. The molecule has 0 aliphatic carbocycles. The van der Waals surface area contributed by atoms with Crippen molar-refractivity contribution < 1.29 is 4.79 Å². The number of anilines is 1. The number of nitrogens with zero attached hydrogens (tertiary/aromatic N) is 2. The summed E-state index contributed by atoms with van der Waals surface area (Å²) in [7, 11) is 0. The third-order valence-corrected chi connectivity index (χ3v) is 4.34. The van der Waals surface area contributed by atoms with Crippen molar-refractivity contribution in [1.29, 1.82) is 0 Å². The number of halogens is 1. The topological polar surface area (TPSA) is 46.9 Å². The van der Waals surface area contributed by atoms with E-state index in [4.69, 9.17) is 11.6 Å². The lowest BCUT2D eigenvalue weighted by molar-refractivity contribution is 0.103. The van der Waals surface area contributed by atoms with Gasteiger partial charge in [0.1, 0.15) is 4.88 Å². The molecule has 2 heterocycles. The van der Waals surface area contributed by atoms with Crippen molar-refractivity contribution >= 4 is 34.5 Å². The first-order valence-corrected chi connectivity index (χ1v) is 7.50. The Morgan fingerprint density at radius 3 is 2.57 bits per heavy atom. The van der Waals surface area contributed by atoms with E-state index in [9.17, 15) is 4.79 Å². The molecule has 1 N–H and O–H groups in total. The summed E-state index contributed by atoms with van der Waals surface area (Å²) < 4.78 is 1.89. The Kier molecular flexibility index (Phi) is 3.77. The molecule has 1 aromatic carbocycles. The van der Waals surface area contributed by atoms with Gasteiger partial charge in [-0.1, -0.05) is 22.9 Å². The smallest absolute Gasteiger partial charge is 0.267 e. The second kappa shape index (κ2) is 5.71. The fourth-order valence-electron chi connectivity index (χ4n) is 1.89. The number of carbonyl (C=O) groups excluding carboxylic acids is 1. The highest BCUT2D eigenvalue weighted by molar-refractivity contribution is 7.16. The van der Waals surface area contributed by atoms with Gasteiger partial charge in [0.2, 0.25) is 0 Å². The van der Waals surface area contributed by atoms with Gasteiger partial charge in [-0.15, -0.1) is 0 Å². The van der Waals surface area contributed by atoms with E-state index in [1.54, 1.807) is 24.3 Å². The molecular weight excluding hydrogens is 306 g/mol. The second-order valence-corrected chi connectivity index (χ2v) is 5.88. The van der Waals surface area contributed by atoms with Crippen LogP contribution in [0.1, 0.15) is 15.4 Å². The van der Waals surface area contributed by atoms with Crippen molar-refractivity contribution in [2.45, 2.75) is 6.92 Å². The lowest BCUT2D eigenvalue weighted by Gasteiger charge is -2.03. The lowest BCUT2D eigenvalue weighted by atomic mass is 10.3. The highest BCUT2D eigenvalue weighted by Crippen LogP contribution is 2.23. The Morgan fingerprint density at radius 2 is 1.90 bits per heavy atom. The molecule has 0 aliphatic heterocycles. The van der Waals surface area contributed by atoms with Crippen molar-refractivity contribution in [3.05, 3.63) is 64.4 Å². The first-order valence-electron chi connectivity index (χ1n) is 6.31. The summed E-state index contributed by atoms with van der Waals surface area (Å²) in [6.45, 7) is 1.83. The number of aromatic nitrogens is 2. The van der Waals surface area contributed by atoms with Crippen molar-refractivity contribution in [2.75, 3.05) is 5.32 Å². The Balaban J connectivity index is 1.83. The maximum Gasteiger partial charge on any atom is 0.267 e. The van der Waals surface area contributed by atoms with Crippen molar-refractivity contribution in [2.24, 2.45) is 0 Å². The third-order valence-electron chi connectivity index (χ3n) is 2.92. The predicted octanol–water partition coefficient (Wildman–Crippen LogP) is 4.15. The van der Waals surface area contributed by atoms with E-state index in [2.05, 4.69) is 10.3 Å². The van der Waals surface area contributed by atoms with Crippen LogP contribution in [0.2, 0.25) is 5.02 Å². The minimum absolute atomic E-state index is 0.161. The molecule has 0 radical (unpaired) electrons. The van der Waals surface area contributed by atoms with Crippen molar-refractivity contribution in [3.63, 3.8) is 0 Å². The number of hydrogen-bond donors (Lipinski definition) is 1. The number of hydrogen-bond acceptors (Lipinski definition) is 3. The van der Waals surface area contributed by atoms with Gasteiger partial charge in [0.05, 0.1) is 5.69 Å². The van der Waals surface area contributed by atoms with Gasteiger partial charge in [0.25, 0.3) is 5.91 Å². The van der Waals surface area contributed by atoms with E-state index in [-0.39, 0.29) is 5.91 Å². The SMILES string of the molecule is Cc1nc(-n2cccc2)sc1C(=O)Nc1ccc(Cl)cc1. The maximum atomic E-state index is 12.3. The van der Waals surface area contributed by atoms with E-state index in [0.717, 1.165) is 10.8 Å². The second-order valence-electron chi connectivity index (χ2n) is 4.46. The first-order chi connectivity index (χ1) is 10.1. The summed E-state index contributed by atoms with van der Waals surface area (Å²) in [5.41, 5.74) is 1.43. The quantitative estimate of drug-likeness (QED) is 0.789. The van der Waals surface area contributed by atoms with Gasteiger partial charge < -0.3 is 9.88 Å². The normalized spacial score (nSPS) is 10.6. The maximum absolute atomic E-state index is 12.3. The molecule has 1 amide bonds. The van der Waals surface area contributed by atoms with Crippen LogP contribution < -0.4 is 5.32 Å². The Labute approximate surface area is 131 Å². The zero-order valence-corrected chi connectivity index (χ0v) is 12.8. The van der Waals surface area contributed by atoms with Crippen LogP contribution in [-0.4, -0.2) is 15.5 Å². The van der Waals surface area contributed by atoms with Crippen LogP contribution in [-0.2, 0) is 0 Å². The zero-order valence-electron chi connectivity index (χ0n) is 11.2. The van der Waals surface area contributed by atoms with Gasteiger partial charge >= 0.3 is 0 Å². The van der Waals surface area contributed by atoms with Gasteiger partial charge in [0.15, 0.2) is 5.13 Å². The zero-order chi connectivity index (χ0) is 14.8. The summed E-state index contributed by atoms with van der Waals surface area (Å²) in [6.07, 6.45) is 3.80. The largest absolute Gasteiger partial charge is 0.321 e. The molecule has 0 atom stereocenters. The van der Waals surface area contributed by atoms with Gasteiger partial charge in [-0.05, 0) is 43.3 Å². The monoisotopic (exact) mass is 317 g/mol. The average Bonchev–Trinajstić information content (AvgIpc) is 3.10. The molecule has 0 fully saturated rings. The predicted molar refractivity (Wildman–Crippen MR) is 85.6 cm³/mol. The molecule has 21 heavy (non-hydrogen) atoms. The van der Waals surface area contributed by atoms with E-state index < -0.39 is 0 Å². The molecule has 0 saturated carbocycles. The van der Waals surface area contributed by atoms with E-state index in [1.165, 1.54) is 11.3 Å². The van der Waals surface area contributed by atoms with Crippen LogP contribution in [0.15, 0.2) is 48.8 Å². The summed E-state index contributed by atoms with van der Waals surface area (Å²) >= 11 is 7.19. The molecular formula is C15H12ClN3OS. The molecule has 0 spiro atoms.